The lowest BCUT2D eigenvalue weighted by Gasteiger charge is -2.27. The van der Waals surface area contributed by atoms with Crippen molar-refractivity contribution in [1.82, 2.24) is 10.2 Å². The number of hydrogen-bond acceptors (Lipinski definition) is 7. The van der Waals surface area contributed by atoms with E-state index in [0.29, 0.717) is 5.56 Å². The Hall–Kier alpha value is -4.01. The molecule has 3 amide bonds. The number of imide groups is 1. The fourth-order valence-electron chi connectivity index (χ4n) is 3.48. The fourth-order valence-corrected chi connectivity index (χ4v) is 3.48. The zero-order valence-electron chi connectivity index (χ0n) is 17.6. The van der Waals surface area contributed by atoms with E-state index in [0.717, 1.165) is 19.1 Å². The molecule has 0 bridgehead atoms. The zero-order chi connectivity index (χ0) is 23.3. The summed E-state index contributed by atoms with van der Waals surface area (Å²) in [6.07, 6.45) is -0.445. The van der Waals surface area contributed by atoms with Crippen LogP contribution in [0.1, 0.15) is 32.7 Å². The Kier molecular flexibility index (Phi) is 6.99. The van der Waals surface area contributed by atoms with E-state index in [1.54, 1.807) is 42.5 Å². The van der Waals surface area contributed by atoms with Crippen molar-refractivity contribution >= 4 is 29.7 Å². The van der Waals surface area contributed by atoms with Crippen LogP contribution in [-0.2, 0) is 30.3 Å². The van der Waals surface area contributed by atoms with E-state index in [1.165, 1.54) is 12.1 Å². The number of amides is 3. The lowest BCUT2D eigenvalue weighted by atomic mass is 10.0. The van der Waals surface area contributed by atoms with Gasteiger partial charge in [-0.1, -0.05) is 42.5 Å². The van der Waals surface area contributed by atoms with E-state index in [9.17, 15) is 24.0 Å². The number of benzene rings is 2. The average Bonchev–Trinajstić information content (AvgIpc) is 3.07. The molecule has 9 heteroatoms. The summed E-state index contributed by atoms with van der Waals surface area (Å²) in [5.41, 5.74) is 1.09. The van der Waals surface area contributed by atoms with Gasteiger partial charge in [0.2, 0.25) is 5.91 Å². The van der Waals surface area contributed by atoms with E-state index >= 15 is 0 Å². The van der Waals surface area contributed by atoms with Gasteiger partial charge >= 0.3 is 11.9 Å². The Morgan fingerprint density at radius 3 is 1.97 bits per heavy atom. The highest BCUT2D eigenvalue weighted by Gasteiger charge is 2.43. The maximum Gasteiger partial charge on any atom is 0.328 e. The standard InChI is InChI=1S/C23H22N2O7/c1-31-19(26)13-17(23(30)32-2)24-20(27)18(12-14-8-4-3-5-9-14)25-21(28)15-10-6-7-11-16(15)22(25)29/h3-11,17-18H,12-13H2,1-2H3,(H,24,27)/t17-,18-/m0/s1. The van der Waals surface area contributed by atoms with Crippen LogP contribution in [0.15, 0.2) is 54.6 Å². The molecule has 0 aliphatic carbocycles. The summed E-state index contributed by atoms with van der Waals surface area (Å²) in [5, 5.41) is 2.44. The van der Waals surface area contributed by atoms with Crippen LogP contribution in [0.2, 0.25) is 0 Å². The lowest BCUT2D eigenvalue weighted by Crippen LogP contribution is -2.54. The summed E-state index contributed by atoms with van der Waals surface area (Å²) < 4.78 is 9.24. The Morgan fingerprint density at radius 1 is 0.875 bits per heavy atom. The first-order valence-corrected chi connectivity index (χ1v) is 9.83. The van der Waals surface area contributed by atoms with Crippen molar-refractivity contribution in [3.05, 3.63) is 71.3 Å². The highest BCUT2D eigenvalue weighted by molar-refractivity contribution is 6.23. The number of nitrogens with one attached hydrogen (secondary N) is 1. The van der Waals surface area contributed by atoms with Crippen LogP contribution in [0.4, 0.5) is 0 Å². The number of methoxy groups -OCH3 is 2. The molecule has 0 unspecified atom stereocenters. The topological polar surface area (TPSA) is 119 Å². The van der Waals surface area contributed by atoms with Crippen LogP contribution < -0.4 is 5.32 Å². The third kappa shape index (κ3) is 4.66. The first-order chi connectivity index (χ1) is 15.4. The van der Waals surface area contributed by atoms with Gasteiger partial charge in [-0.05, 0) is 17.7 Å². The molecular formula is C23H22N2O7. The van der Waals surface area contributed by atoms with Gasteiger partial charge in [-0.15, -0.1) is 0 Å². The normalized spacial score (nSPS) is 14.4. The van der Waals surface area contributed by atoms with Gasteiger partial charge in [0.05, 0.1) is 31.8 Å². The number of carbonyl (C=O) groups excluding carboxylic acids is 5. The summed E-state index contributed by atoms with van der Waals surface area (Å²) in [6.45, 7) is 0. The molecule has 0 radical (unpaired) electrons. The van der Waals surface area contributed by atoms with E-state index in [4.69, 9.17) is 0 Å². The molecule has 2 aromatic rings. The number of fused-ring (bicyclic) bond motifs is 1. The number of hydrogen-bond donors (Lipinski definition) is 1. The second kappa shape index (κ2) is 9.86. The number of rotatable bonds is 8. The van der Waals surface area contributed by atoms with Gasteiger partial charge in [0.15, 0.2) is 0 Å². The first kappa shape index (κ1) is 22.7. The Balaban J connectivity index is 1.93. The second-order valence-electron chi connectivity index (χ2n) is 7.10. The summed E-state index contributed by atoms with van der Waals surface area (Å²) in [4.78, 5) is 64.0. The fraction of sp³-hybridized carbons (Fsp3) is 0.261. The molecule has 0 saturated heterocycles. The Morgan fingerprint density at radius 2 is 1.44 bits per heavy atom. The molecule has 32 heavy (non-hydrogen) atoms. The van der Waals surface area contributed by atoms with Crippen molar-refractivity contribution in [2.24, 2.45) is 0 Å². The van der Waals surface area contributed by atoms with Gasteiger partial charge in [0.25, 0.3) is 11.8 Å². The zero-order valence-corrected chi connectivity index (χ0v) is 17.6. The van der Waals surface area contributed by atoms with Crippen molar-refractivity contribution in [1.29, 1.82) is 0 Å². The second-order valence-corrected chi connectivity index (χ2v) is 7.10. The number of carbonyl (C=O) groups is 5. The summed E-state index contributed by atoms with van der Waals surface area (Å²) >= 11 is 0. The minimum Gasteiger partial charge on any atom is -0.469 e. The molecule has 1 aliphatic rings. The van der Waals surface area contributed by atoms with Gasteiger partial charge in [-0.2, -0.15) is 0 Å². The third-order valence-electron chi connectivity index (χ3n) is 5.11. The van der Waals surface area contributed by atoms with Gasteiger partial charge in [-0.3, -0.25) is 24.1 Å². The predicted octanol–water partition coefficient (Wildman–Crippen LogP) is 1.11. The van der Waals surface area contributed by atoms with Gasteiger partial charge in [0.1, 0.15) is 12.1 Å². The van der Waals surface area contributed by atoms with E-state index in [-0.39, 0.29) is 17.5 Å². The minimum absolute atomic E-state index is 0.0181. The number of ether oxygens (including phenoxy) is 2. The summed E-state index contributed by atoms with van der Waals surface area (Å²) in [7, 11) is 2.26. The average molecular weight is 438 g/mol. The SMILES string of the molecule is COC(=O)C[C@H](NC(=O)[C@H](Cc1ccccc1)N1C(=O)c2ccccc2C1=O)C(=O)OC. The quantitative estimate of drug-likeness (QED) is 0.484. The maximum atomic E-state index is 13.3. The number of esters is 2. The van der Waals surface area contributed by atoms with Gasteiger partial charge in [-0.25, -0.2) is 4.79 Å². The monoisotopic (exact) mass is 438 g/mol. The molecule has 2 aromatic carbocycles. The molecule has 0 spiro atoms. The molecule has 0 saturated carbocycles. The molecular weight excluding hydrogens is 416 g/mol. The van der Waals surface area contributed by atoms with Crippen LogP contribution in [0.5, 0.6) is 0 Å². The molecule has 0 aromatic heterocycles. The predicted molar refractivity (Wildman–Crippen MR) is 111 cm³/mol. The first-order valence-electron chi connectivity index (χ1n) is 9.83. The third-order valence-corrected chi connectivity index (χ3v) is 5.11. The van der Waals surface area contributed by atoms with Crippen molar-refractivity contribution in [3.8, 4) is 0 Å². The van der Waals surface area contributed by atoms with Crippen molar-refractivity contribution in [3.63, 3.8) is 0 Å². The smallest absolute Gasteiger partial charge is 0.328 e. The molecule has 9 nitrogen and oxygen atoms in total. The molecule has 1 heterocycles. The highest BCUT2D eigenvalue weighted by atomic mass is 16.5. The van der Waals surface area contributed by atoms with Crippen molar-refractivity contribution in [2.45, 2.75) is 24.9 Å². The molecule has 1 aliphatic heterocycles. The molecule has 2 atom stereocenters. The number of nitrogens with zero attached hydrogens (tertiary/aromatic N) is 1. The molecule has 166 valence electrons. The highest BCUT2D eigenvalue weighted by Crippen LogP contribution is 2.26. The minimum atomic E-state index is -1.34. The summed E-state index contributed by atoms with van der Waals surface area (Å²) in [5.74, 6) is -3.58. The molecule has 3 rings (SSSR count). The van der Waals surface area contributed by atoms with Crippen LogP contribution in [-0.4, -0.2) is 60.9 Å². The Bertz CT molecular complexity index is 1020. The van der Waals surface area contributed by atoms with Gasteiger partial charge < -0.3 is 14.8 Å². The van der Waals surface area contributed by atoms with Crippen molar-refractivity contribution < 1.29 is 33.4 Å². The van der Waals surface area contributed by atoms with Crippen LogP contribution >= 0.6 is 0 Å². The van der Waals surface area contributed by atoms with Crippen LogP contribution in [0.3, 0.4) is 0 Å². The van der Waals surface area contributed by atoms with Crippen LogP contribution in [0.25, 0.3) is 0 Å². The molecule has 0 fully saturated rings. The van der Waals surface area contributed by atoms with Crippen molar-refractivity contribution in [2.75, 3.05) is 14.2 Å². The Labute approximate surface area is 184 Å². The largest absolute Gasteiger partial charge is 0.469 e. The summed E-state index contributed by atoms with van der Waals surface area (Å²) in [6, 6.07) is 12.5. The molecule has 1 N–H and O–H groups in total. The lowest BCUT2D eigenvalue weighted by molar-refractivity contribution is -0.151. The van der Waals surface area contributed by atoms with E-state index < -0.39 is 48.2 Å². The maximum absolute atomic E-state index is 13.3. The van der Waals surface area contributed by atoms with Gasteiger partial charge in [0, 0.05) is 6.42 Å². The van der Waals surface area contributed by atoms with E-state index in [2.05, 4.69) is 14.8 Å². The van der Waals surface area contributed by atoms with E-state index in [1.807, 2.05) is 0 Å². The van der Waals surface area contributed by atoms with Crippen LogP contribution in [0, 0.1) is 0 Å².